The molecule has 0 saturated carbocycles. The van der Waals surface area contributed by atoms with E-state index in [1.807, 2.05) is 17.0 Å². The number of rotatable bonds is 5. The van der Waals surface area contributed by atoms with Gasteiger partial charge >= 0.3 is 5.97 Å². The fourth-order valence-electron chi connectivity index (χ4n) is 3.15. The minimum absolute atomic E-state index is 0.314. The molecule has 0 amide bonds. The summed E-state index contributed by atoms with van der Waals surface area (Å²) in [6.07, 6.45) is 1.66. The third kappa shape index (κ3) is 3.66. The predicted octanol–water partition coefficient (Wildman–Crippen LogP) is 2.67. The fraction of sp³-hybridized carbons (Fsp3) is 0.389. The Labute approximate surface area is 140 Å². The molecule has 0 bridgehead atoms. The molecule has 128 valence electrons. The van der Waals surface area contributed by atoms with Crippen LogP contribution in [0.5, 0.6) is 0 Å². The van der Waals surface area contributed by atoms with Gasteiger partial charge < -0.3 is 9.52 Å². The number of aryl methyl sites for hydroxylation is 1. The van der Waals surface area contributed by atoms with Crippen LogP contribution >= 0.6 is 0 Å². The van der Waals surface area contributed by atoms with Crippen LogP contribution in [0.4, 0.5) is 4.39 Å². The van der Waals surface area contributed by atoms with E-state index >= 15 is 0 Å². The first-order valence-corrected chi connectivity index (χ1v) is 8.02. The molecule has 2 aromatic rings. The number of nitrogens with zero attached hydrogens (tertiary/aromatic N) is 2. The molecule has 1 aliphatic rings. The van der Waals surface area contributed by atoms with Gasteiger partial charge in [-0.15, -0.1) is 0 Å². The van der Waals surface area contributed by atoms with Gasteiger partial charge in [0.25, 0.3) is 0 Å². The van der Waals surface area contributed by atoms with Gasteiger partial charge in [-0.05, 0) is 36.2 Å². The highest BCUT2D eigenvalue weighted by molar-refractivity contribution is 5.75. The van der Waals surface area contributed by atoms with Crippen LogP contribution in [0.1, 0.15) is 22.9 Å². The molecule has 0 spiro atoms. The lowest BCUT2D eigenvalue weighted by atomic mass is 10.0. The van der Waals surface area contributed by atoms with Crippen molar-refractivity contribution >= 4 is 5.97 Å². The van der Waals surface area contributed by atoms with Gasteiger partial charge in [-0.3, -0.25) is 14.6 Å². The van der Waals surface area contributed by atoms with Crippen LogP contribution in [0.2, 0.25) is 0 Å². The third-order valence-corrected chi connectivity index (χ3v) is 4.46. The molecule has 1 N–H and O–H groups in total. The van der Waals surface area contributed by atoms with Crippen molar-refractivity contribution in [3.63, 3.8) is 0 Å². The standard InChI is InChI=1S/C18H21FN2O3/c1-13-11-14(4-5-16(13)19)17(18(22)23)21-8-6-20(7-9-21)12-15-3-2-10-24-15/h2-5,10-11,17H,6-9,12H2,1H3,(H,22,23). The minimum atomic E-state index is -0.902. The maximum absolute atomic E-state index is 13.5. The van der Waals surface area contributed by atoms with E-state index in [9.17, 15) is 14.3 Å². The van der Waals surface area contributed by atoms with Crippen molar-refractivity contribution in [1.29, 1.82) is 0 Å². The Bertz CT molecular complexity index is 694. The molecule has 1 aliphatic heterocycles. The molecule has 5 nitrogen and oxygen atoms in total. The van der Waals surface area contributed by atoms with Crippen molar-refractivity contribution < 1.29 is 18.7 Å². The normalized spacial score (nSPS) is 17.8. The van der Waals surface area contributed by atoms with Gasteiger partial charge in [0.05, 0.1) is 12.8 Å². The monoisotopic (exact) mass is 332 g/mol. The van der Waals surface area contributed by atoms with E-state index in [0.29, 0.717) is 24.2 Å². The van der Waals surface area contributed by atoms with Crippen LogP contribution in [0.25, 0.3) is 0 Å². The second-order valence-corrected chi connectivity index (χ2v) is 6.14. The predicted molar refractivity (Wildman–Crippen MR) is 87.1 cm³/mol. The van der Waals surface area contributed by atoms with Crippen molar-refractivity contribution in [3.05, 3.63) is 59.3 Å². The minimum Gasteiger partial charge on any atom is -0.480 e. The summed E-state index contributed by atoms with van der Waals surface area (Å²) >= 11 is 0. The SMILES string of the molecule is Cc1cc(C(C(=O)O)N2CCN(Cc3ccco3)CC2)ccc1F. The zero-order valence-electron chi connectivity index (χ0n) is 13.6. The number of halogens is 1. The molecule has 24 heavy (non-hydrogen) atoms. The molecular formula is C18H21FN2O3. The van der Waals surface area contributed by atoms with E-state index in [1.54, 1.807) is 25.3 Å². The van der Waals surface area contributed by atoms with E-state index in [1.165, 1.54) is 6.07 Å². The molecule has 1 aromatic heterocycles. The number of benzene rings is 1. The third-order valence-electron chi connectivity index (χ3n) is 4.46. The van der Waals surface area contributed by atoms with E-state index in [2.05, 4.69) is 4.90 Å². The Morgan fingerprint density at radius 3 is 2.62 bits per heavy atom. The maximum atomic E-state index is 13.5. The maximum Gasteiger partial charge on any atom is 0.325 e. The van der Waals surface area contributed by atoms with E-state index in [0.717, 1.165) is 25.4 Å². The number of carboxylic acid groups (broad SMARTS) is 1. The van der Waals surface area contributed by atoms with Crippen molar-refractivity contribution in [2.24, 2.45) is 0 Å². The number of aliphatic carboxylic acids is 1. The van der Waals surface area contributed by atoms with E-state index < -0.39 is 12.0 Å². The number of hydrogen-bond acceptors (Lipinski definition) is 4. The second-order valence-electron chi connectivity index (χ2n) is 6.14. The lowest BCUT2D eigenvalue weighted by Crippen LogP contribution is -2.48. The lowest BCUT2D eigenvalue weighted by Gasteiger charge is -2.37. The molecule has 0 radical (unpaired) electrons. The molecule has 2 heterocycles. The van der Waals surface area contributed by atoms with Crippen LogP contribution in [0.15, 0.2) is 41.0 Å². The van der Waals surface area contributed by atoms with Crippen LogP contribution < -0.4 is 0 Å². The second kappa shape index (κ2) is 7.15. The molecule has 6 heteroatoms. The first kappa shape index (κ1) is 16.7. The van der Waals surface area contributed by atoms with Gasteiger partial charge in [-0.2, -0.15) is 0 Å². The highest BCUT2D eigenvalue weighted by atomic mass is 19.1. The van der Waals surface area contributed by atoms with E-state index in [4.69, 9.17) is 4.42 Å². The van der Waals surface area contributed by atoms with Crippen molar-refractivity contribution in [2.75, 3.05) is 26.2 Å². The van der Waals surface area contributed by atoms with Crippen molar-refractivity contribution in [2.45, 2.75) is 19.5 Å². The zero-order chi connectivity index (χ0) is 17.1. The lowest BCUT2D eigenvalue weighted by molar-refractivity contribution is -0.144. The van der Waals surface area contributed by atoms with Gasteiger partial charge in [-0.1, -0.05) is 12.1 Å². The molecule has 1 aromatic carbocycles. The zero-order valence-corrected chi connectivity index (χ0v) is 13.6. The number of piperazine rings is 1. The molecule has 1 atom stereocenters. The summed E-state index contributed by atoms with van der Waals surface area (Å²) in [5, 5.41) is 9.65. The smallest absolute Gasteiger partial charge is 0.325 e. The Morgan fingerprint density at radius 1 is 1.29 bits per heavy atom. The first-order chi connectivity index (χ1) is 11.5. The van der Waals surface area contributed by atoms with Gasteiger partial charge in [0.15, 0.2) is 0 Å². The highest BCUT2D eigenvalue weighted by Gasteiger charge is 2.30. The molecular weight excluding hydrogens is 311 g/mol. The number of carboxylic acids is 1. The molecule has 1 fully saturated rings. The molecule has 3 rings (SSSR count). The molecule has 1 unspecified atom stereocenters. The average molecular weight is 332 g/mol. The van der Waals surface area contributed by atoms with Gasteiger partial charge in [0.2, 0.25) is 0 Å². The fourth-order valence-corrected chi connectivity index (χ4v) is 3.15. The highest BCUT2D eigenvalue weighted by Crippen LogP contribution is 2.25. The first-order valence-electron chi connectivity index (χ1n) is 8.02. The summed E-state index contributed by atoms with van der Waals surface area (Å²) in [4.78, 5) is 15.9. The summed E-state index contributed by atoms with van der Waals surface area (Å²) in [7, 11) is 0. The summed E-state index contributed by atoms with van der Waals surface area (Å²) in [5.74, 6) is -0.306. The summed E-state index contributed by atoms with van der Waals surface area (Å²) in [5.41, 5.74) is 1.09. The van der Waals surface area contributed by atoms with Gasteiger partial charge in [-0.25, -0.2) is 4.39 Å². The number of hydrogen-bond donors (Lipinski definition) is 1. The van der Waals surface area contributed by atoms with Crippen LogP contribution in [-0.4, -0.2) is 47.1 Å². The Morgan fingerprint density at radius 2 is 2.04 bits per heavy atom. The number of carbonyl (C=O) groups is 1. The van der Waals surface area contributed by atoms with Gasteiger partial charge in [0.1, 0.15) is 17.6 Å². The molecule has 0 aliphatic carbocycles. The Balaban J connectivity index is 1.67. The largest absolute Gasteiger partial charge is 0.480 e. The van der Waals surface area contributed by atoms with E-state index in [-0.39, 0.29) is 5.82 Å². The summed E-state index contributed by atoms with van der Waals surface area (Å²) < 4.78 is 18.8. The Hall–Kier alpha value is -2.18. The molecule has 1 saturated heterocycles. The van der Waals surface area contributed by atoms with Crippen molar-refractivity contribution in [3.8, 4) is 0 Å². The van der Waals surface area contributed by atoms with Crippen molar-refractivity contribution in [1.82, 2.24) is 9.80 Å². The van der Waals surface area contributed by atoms with Crippen LogP contribution in [0, 0.1) is 12.7 Å². The topological polar surface area (TPSA) is 56.9 Å². The van der Waals surface area contributed by atoms with Crippen LogP contribution in [0.3, 0.4) is 0 Å². The average Bonchev–Trinajstić information content (AvgIpc) is 3.05. The van der Waals surface area contributed by atoms with Gasteiger partial charge in [0, 0.05) is 26.2 Å². The number of furan rings is 1. The summed E-state index contributed by atoms with van der Waals surface area (Å²) in [6, 6.07) is 7.60. The van der Waals surface area contributed by atoms with Crippen LogP contribution in [-0.2, 0) is 11.3 Å². The quantitative estimate of drug-likeness (QED) is 0.912. The Kier molecular flexibility index (Phi) is 4.97. The summed E-state index contributed by atoms with van der Waals surface area (Å²) in [6.45, 7) is 5.21.